The van der Waals surface area contributed by atoms with Crippen molar-refractivity contribution in [3.63, 3.8) is 0 Å². The molecule has 0 aromatic heterocycles. The van der Waals surface area contributed by atoms with Crippen LogP contribution < -0.4 is 5.32 Å². The van der Waals surface area contributed by atoms with Crippen molar-refractivity contribution in [2.75, 3.05) is 6.54 Å². The third kappa shape index (κ3) is 5.77. The molecule has 0 fully saturated rings. The number of carbonyl (C=O) groups is 1. The van der Waals surface area contributed by atoms with Crippen molar-refractivity contribution >= 4 is 5.91 Å². The average Bonchev–Trinajstić information content (AvgIpc) is 2.31. The number of amides is 1. The first kappa shape index (κ1) is 13.3. The molecule has 2 heteroatoms. The quantitative estimate of drug-likeness (QED) is 0.624. The van der Waals surface area contributed by atoms with Crippen LogP contribution in [0.5, 0.6) is 0 Å². The molecule has 0 atom stereocenters. The van der Waals surface area contributed by atoms with E-state index < -0.39 is 0 Å². The van der Waals surface area contributed by atoms with Crippen LogP contribution in [0, 0.1) is 11.8 Å². The van der Waals surface area contributed by atoms with Gasteiger partial charge in [0.25, 0.3) is 0 Å². The van der Waals surface area contributed by atoms with Crippen molar-refractivity contribution in [3.8, 4) is 11.8 Å². The number of hydrogen-bond acceptors (Lipinski definition) is 1. The highest BCUT2D eigenvalue weighted by molar-refractivity contribution is 5.72. The van der Waals surface area contributed by atoms with Crippen LogP contribution in [0.25, 0.3) is 0 Å². The minimum absolute atomic E-state index is 0.00396. The minimum Gasteiger partial charge on any atom is -0.355 e. The lowest BCUT2D eigenvalue weighted by Crippen LogP contribution is -2.20. The number of aryl methyl sites for hydroxylation is 1. The molecule has 0 aliphatic rings. The summed E-state index contributed by atoms with van der Waals surface area (Å²) in [6, 6.07) is 8.36. The van der Waals surface area contributed by atoms with Crippen LogP contribution in [0.4, 0.5) is 0 Å². The number of nitrogens with one attached hydrogen (secondary N) is 1. The number of benzene rings is 1. The molecule has 0 aliphatic heterocycles. The van der Waals surface area contributed by atoms with Gasteiger partial charge in [-0.25, -0.2) is 0 Å². The summed E-state index contributed by atoms with van der Waals surface area (Å²) >= 11 is 0. The predicted octanol–water partition coefficient (Wildman–Crippen LogP) is 2.52. The van der Waals surface area contributed by atoms with E-state index in [2.05, 4.69) is 48.3 Å². The Balaban J connectivity index is 2.40. The highest BCUT2D eigenvalue weighted by atomic mass is 16.1. The fourth-order valence-electron chi connectivity index (χ4n) is 1.51. The summed E-state index contributed by atoms with van der Waals surface area (Å²) in [5, 5.41) is 2.72. The van der Waals surface area contributed by atoms with E-state index in [0.717, 1.165) is 12.0 Å². The van der Waals surface area contributed by atoms with E-state index in [1.54, 1.807) is 0 Å². The van der Waals surface area contributed by atoms with Crippen molar-refractivity contribution in [1.82, 2.24) is 5.32 Å². The molecule has 1 amide bonds. The summed E-state index contributed by atoms with van der Waals surface area (Å²) in [4.78, 5) is 10.6. The van der Waals surface area contributed by atoms with Gasteiger partial charge in [0, 0.05) is 25.5 Å². The molecule has 0 aliphatic carbocycles. The van der Waals surface area contributed by atoms with E-state index in [9.17, 15) is 4.79 Å². The molecule has 1 aromatic carbocycles. The van der Waals surface area contributed by atoms with Crippen LogP contribution >= 0.6 is 0 Å². The zero-order valence-electron chi connectivity index (χ0n) is 10.5. The van der Waals surface area contributed by atoms with Gasteiger partial charge in [-0.3, -0.25) is 4.79 Å². The Bertz CT molecular complexity index is 409. The normalized spacial score (nSPS) is 9.29. The molecule has 90 valence electrons. The van der Waals surface area contributed by atoms with Crippen molar-refractivity contribution in [1.29, 1.82) is 0 Å². The molecule has 1 rings (SSSR count). The summed E-state index contributed by atoms with van der Waals surface area (Å²) in [6.45, 7) is 4.31. The predicted molar refractivity (Wildman–Crippen MR) is 70.6 cm³/mol. The fraction of sp³-hybridized carbons (Fsp3) is 0.400. The first-order valence-electron chi connectivity index (χ1n) is 6.04. The number of hydrogen-bond donors (Lipinski definition) is 1. The SMILES string of the molecule is CCCc1ccc(C#CCCNC(C)=O)cc1. The largest absolute Gasteiger partial charge is 0.355 e. The second-order valence-corrected chi connectivity index (χ2v) is 3.98. The Morgan fingerprint density at radius 3 is 2.59 bits per heavy atom. The molecule has 0 spiro atoms. The summed E-state index contributed by atoms with van der Waals surface area (Å²) in [5.41, 5.74) is 2.39. The third-order valence-electron chi connectivity index (χ3n) is 2.35. The van der Waals surface area contributed by atoms with Gasteiger partial charge in [-0.1, -0.05) is 37.3 Å². The van der Waals surface area contributed by atoms with Crippen LogP contribution in [-0.2, 0) is 11.2 Å². The lowest BCUT2D eigenvalue weighted by molar-refractivity contribution is -0.118. The molecule has 17 heavy (non-hydrogen) atoms. The molecular weight excluding hydrogens is 210 g/mol. The maximum atomic E-state index is 10.6. The molecule has 0 heterocycles. The zero-order chi connectivity index (χ0) is 12.5. The summed E-state index contributed by atoms with van der Waals surface area (Å²) in [5.74, 6) is 6.13. The third-order valence-corrected chi connectivity index (χ3v) is 2.35. The maximum absolute atomic E-state index is 10.6. The fourth-order valence-corrected chi connectivity index (χ4v) is 1.51. The van der Waals surface area contributed by atoms with Gasteiger partial charge in [0.15, 0.2) is 0 Å². The van der Waals surface area contributed by atoms with Crippen molar-refractivity contribution < 1.29 is 4.79 Å². The topological polar surface area (TPSA) is 29.1 Å². The minimum atomic E-state index is -0.00396. The van der Waals surface area contributed by atoms with Gasteiger partial charge in [0.2, 0.25) is 5.91 Å². The Morgan fingerprint density at radius 2 is 2.00 bits per heavy atom. The molecular formula is C15H19NO. The van der Waals surface area contributed by atoms with Crippen LogP contribution in [0.1, 0.15) is 37.8 Å². The first-order valence-corrected chi connectivity index (χ1v) is 6.04. The van der Waals surface area contributed by atoms with Gasteiger partial charge in [-0.05, 0) is 24.1 Å². The Labute approximate surface area is 103 Å². The molecule has 0 bridgehead atoms. The van der Waals surface area contributed by atoms with Gasteiger partial charge >= 0.3 is 0 Å². The Morgan fingerprint density at radius 1 is 1.29 bits per heavy atom. The lowest BCUT2D eigenvalue weighted by Gasteiger charge is -1.97. The Hall–Kier alpha value is -1.75. The number of rotatable bonds is 4. The van der Waals surface area contributed by atoms with Crippen LogP contribution in [-0.4, -0.2) is 12.5 Å². The van der Waals surface area contributed by atoms with Crippen LogP contribution in [0.3, 0.4) is 0 Å². The average molecular weight is 229 g/mol. The molecule has 0 unspecified atom stereocenters. The van der Waals surface area contributed by atoms with Crippen molar-refractivity contribution in [3.05, 3.63) is 35.4 Å². The standard InChI is InChI=1S/C15H19NO/c1-3-6-14-8-10-15(11-9-14)7-4-5-12-16-13(2)17/h8-11H,3,5-6,12H2,1-2H3,(H,16,17). The van der Waals surface area contributed by atoms with E-state index in [1.807, 2.05) is 0 Å². The molecule has 0 radical (unpaired) electrons. The monoisotopic (exact) mass is 229 g/mol. The molecule has 1 N–H and O–H groups in total. The van der Waals surface area contributed by atoms with E-state index in [1.165, 1.54) is 18.9 Å². The smallest absolute Gasteiger partial charge is 0.216 e. The lowest BCUT2D eigenvalue weighted by atomic mass is 10.1. The highest BCUT2D eigenvalue weighted by Gasteiger charge is 1.91. The zero-order valence-corrected chi connectivity index (χ0v) is 10.5. The van der Waals surface area contributed by atoms with E-state index in [4.69, 9.17) is 0 Å². The molecule has 0 saturated heterocycles. The highest BCUT2D eigenvalue weighted by Crippen LogP contribution is 2.05. The summed E-state index contributed by atoms with van der Waals surface area (Å²) < 4.78 is 0. The van der Waals surface area contributed by atoms with Gasteiger partial charge in [0.1, 0.15) is 0 Å². The second kappa shape index (κ2) is 7.51. The second-order valence-electron chi connectivity index (χ2n) is 3.98. The van der Waals surface area contributed by atoms with E-state index in [0.29, 0.717) is 13.0 Å². The van der Waals surface area contributed by atoms with Crippen LogP contribution in [0.2, 0.25) is 0 Å². The first-order chi connectivity index (χ1) is 8.22. The Kier molecular flexibility index (Phi) is 5.88. The van der Waals surface area contributed by atoms with E-state index >= 15 is 0 Å². The van der Waals surface area contributed by atoms with Gasteiger partial charge in [-0.2, -0.15) is 0 Å². The van der Waals surface area contributed by atoms with Gasteiger partial charge < -0.3 is 5.32 Å². The van der Waals surface area contributed by atoms with Crippen molar-refractivity contribution in [2.24, 2.45) is 0 Å². The van der Waals surface area contributed by atoms with Gasteiger partial charge in [0.05, 0.1) is 0 Å². The summed E-state index contributed by atoms with van der Waals surface area (Å²) in [7, 11) is 0. The van der Waals surface area contributed by atoms with Crippen LogP contribution in [0.15, 0.2) is 24.3 Å². The molecule has 0 saturated carbocycles. The molecule has 2 nitrogen and oxygen atoms in total. The van der Waals surface area contributed by atoms with Gasteiger partial charge in [-0.15, -0.1) is 0 Å². The maximum Gasteiger partial charge on any atom is 0.216 e. The number of carbonyl (C=O) groups excluding carboxylic acids is 1. The van der Waals surface area contributed by atoms with Crippen molar-refractivity contribution in [2.45, 2.75) is 33.1 Å². The molecule has 1 aromatic rings. The van der Waals surface area contributed by atoms with E-state index in [-0.39, 0.29) is 5.91 Å². The summed E-state index contributed by atoms with van der Waals surface area (Å²) in [6.07, 6.45) is 2.98.